The van der Waals surface area contributed by atoms with E-state index in [9.17, 15) is 9.59 Å². The lowest BCUT2D eigenvalue weighted by Crippen LogP contribution is -2.18. The number of carboxylic acids is 1. The van der Waals surface area contributed by atoms with E-state index in [-0.39, 0.29) is 12.2 Å². The van der Waals surface area contributed by atoms with Gasteiger partial charge in [0.2, 0.25) is 0 Å². The van der Waals surface area contributed by atoms with E-state index in [4.69, 9.17) is 30.9 Å². The van der Waals surface area contributed by atoms with Crippen molar-refractivity contribution in [3.63, 3.8) is 0 Å². The van der Waals surface area contributed by atoms with E-state index in [0.717, 1.165) is 16.3 Å². The highest BCUT2D eigenvalue weighted by Gasteiger charge is 2.15. The summed E-state index contributed by atoms with van der Waals surface area (Å²) in [7, 11) is 1.51. The van der Waals surface area contributed by atoms with E-state index >= 15 is 0 Å². The zero-order valence-corrected chi connectivity index (χ0v) is 21.5. The molecule has 4 aromatic rings. The summed E-state index contributed by atoms with van der Waals surface area (Å²) in [5.74, 6) is -0.223. The molecule has 0 saturated carbocycles. The van der Waals surface area contributed by atoms with Crippen molar-refractivity contribution in [2.45, 2.75) is 13.5 Å². The van der Waals surface area contributed by atoms with Crippen LogP contribution in [0.5, 0.6) is 17.2 Å². The topological polar surface area (TPSA) is 106 Å². The highest BCUT2D eigenvalue weighted by Crippen LogP contribution is 2.37. The van der Waals surface area contributed by atoms with E-state index in [0.29, 0.717) is 40.0 Å². The summed E-state index contributed by atoms with van der Waals surface area (Å²) in [6.07, 6.45) is 1.45. The Morgan fingerprint density at radius 1 is 0.974 bits per heavy atom. The van der Waals surface area contributed by atoms with Crippen LogP contribution in [-0.2, 0) is 6.61 Å². The van der Waals surface area contributed by atoms with Gasteiger partial charge < -0.3 is 19.3 Å². The number of hydrogen-bond acceptors (Lipinski definition) is 6. The standard InChI is InChI=1S/C29H25ClN2O6/c1-3-37-26-13-19(12-24(30)27(26)38-17-18-8-10-20(11-9-18)29(34)35)16-31-32-28(33)23-14-21-6-4-5-7-22(21)15-25(23)36-2/h4-16H,3,17H2,1-2H3,(H,32,33)(H,34,35)/b31-16-. The Bertz CT molecular complexity index is 1500. The van der Waals surface area contributed by atoms with Gasteiger partial charge in [-0.25, -0.2) is 10.2 Å². The number of halogens is 1. The number of rotatable bonds is 10. The molecule has 4 rings (SSSR count). The molecule has 0 aromatic heterocycles. The maximum atomic E-state index is 12.8. The number of methoxy groups -OCH3 is 1. The molecule has 1 amide bonds. The van der Waals surface area contributed by atoms with E-state index in [1.54, 1.807) is 36.4 Å². The minimum Gasteiger partial charge on any atom is -0.496 e. The minimum atomic E-state index is -0.996. The first-order chi connectivity index (χ1) is 18.4. The summed E-state index contributed by atoms with van der Waals surface area (Å²) in [5, 5.41) is 15.3. The number of amides is 1. The molecule has 194 valence electrons. The predicted molar refractivity (Wildman–Crippen MR) is 146 cm³/mol. The van der Waals surface area contributed by atoms with Gasteiger partial charge in [-0.05, 0) is 65.2 Å². The van der Waals surface area contributed by atoms with Crippen molar-refractivity contribution in [2.75, 3.05) is 13.7 Å². The van der Waals surface area contributed by atoms with Gasteiger partial charge in [0.1, 0.15) is 12.4 Å². The molecule has 8 nitrogen and oxygen atoms in total. The number of carbonyl (C=O) groups excluding carboxylic acids is 1. The Balaban J connectivity index is 1.48. The van der Waals surface area contributed by atoms with Crippen LogP contribution in [0.3, 0.4) is 0 Å². The van der Waals surface area contributed by atoms with Crippen LogP contribution in [-0.4, -0.2) is 36.9 Å². The molecule has 9 heteroatoms. The van der Waals surface area contributed by atoms with Crippen LogP contribution in [0.25, 0.3) is 10.8 Å². The third kappa shape index (κ3) is 6.22. The second kappa shape index (κ2) is 12.1. The number of nitrogens with zero attached hydrogens (tertiary/aromatic N) is 1. The molecule has 0 aliphatic rings. The number of carbonyl (C=O) groups is 2. The quantitative estimate of drug-likeness (QED) is 0.193. The average Bonchev–Trinajstić information content (AvgIpc) is 2.92. The molecule has 0 bridgehead atoms. The zero-order chi connectivity index (χ0) is 27.1. The second-order valence-electron chi connectivity index (χ2n) is 8.15. The monoisotopic (exact) mass is 532 g/mol. The summed E-state index contributed by atoms with van der Waals surface area (Å²) in [6.45, 7) is 2.37. The number of fused-ring (bicyclic) bond motifs is 1. The van der Waals surface area contributed by atoms with Crippen molar-refractivity contribution >= 4 is 40.5 Å². The second-order valence-corrected chi connectivity index (χ2v) is 8.56. The lowest BCUT2D eigenvalue weighted by molar-refractivity contribution is 0.0696. The largest absolute Gasteiger partial charge is 0.496 e. The van der Waals surface area contributed by atoms with Crippen LogP contribution in [0, 0.1) is 0 Å². The molecule has 2 N–H and O–H groups in total. The Labute approximate surface area is 224 Å². The third-order valence-electron chi connectivity index (χ3n) is 5.61. The van der Waals surface area contributed by atoms with Crippen LogP contribution < -0.4 is 19.6 Å². The van der Waals surface area contributed by atoms with Crippen LogP contribution in [0.4, 0.5) is 0 Å². The van der Waals surface area contributed by atoms with Crippen LogP contribution in [0.15, 0.2) is 77.9 Å². The smallest absolute Gasteiger partial charge is 0.335 e. The van der Waals surface area contributed by atoms with Crippen LogP contribution in [0.1, 0.15) is 38.8 Å². The molecule has 4 aromatic carbocycles. The summed E-state index contributed by atoms with van der Waals surface area (Å²) in [4.78, 5) is 23.9. The summed E-state index contributed by atoms with van der Waals surface area (Å²) in [5.41, 5.74) is 4.43. The van der Waals surface area contributed by atoms with Gasteiger partial charge in [-0.3, -0.25) is 4.79 Å². The third-order valence-corrected chi connectivity index (χ3v) is 5.89. The maximum absolute atomic E-state index is 12.8. The summed E-state index contributed by atoms with van der Waals surface area (Å²) in [6, 6.07) is 20.9. The Morgan fingerprint density at radius 2 is 1.68 bits per heavy atom. The summed E-state index contributed by atoms with van der Waals surface area (Å²) < 4.78 is 17.0. The number of hydrogen-bond donors (Lipinski definition) is 2. The Hall–Kier alpha value is -4.56. The lowest BCUT2D eigenvalue weighted by atomic mass is 10.1. The first-order valence-corrected chi connectivity index (χ1v) is 12.1. The number of nitrogens with one attached hydrogen (secondary N) is 1. The first-order valence-electron chi connectivity index (χ1n) is 11.7. The van der Waals surface area contributed by atoms with Gasteiger partial charge in [-0.15, -0.1) is 0 Å². The number of aromatic carboxylic acids is 1. The Morgan fingerprint density at radius 3 is 2.34 bits per heavy atom. The molecule has 0 aliphatic carbocycles. The van der Waals surface area contributed by atoms with Gasteiger partial charge in [-0.1, -0.05) is 48.0 Å². The fourth-order valence-electron chi connectivity index (χ4n) is 3.76. The predicted octanol–water partition coefficient (Wildman–Crippen LogP) is 5.94. The van der Waals surface area contributed by atoms with Crippen molar-refractivity contribution < 1.29 is 28.9 Å². The van der Waals surface area contributed by atoms with Crippen molar-refractivity contribution in [1.29, 1.82) is 0 Å². The number of carboxylic acid groups (broad SMARTS) is 1. The fourth-order valence-corrected chi connectivity index (χ4v) is 4.03. The van der Waals surface area contributed by atoms with Gasteiger partial charge in [-0.2, -0.15) is 5.10 Å². The molecule has 0 aliphatic heterocycles. The average molecular weight is 533 g/mol. The van der Waals surface area contributed by atoms with Gasteiger partial charge in [0.05, 0.1) is 36.1 Å². The van der Waals surface area contributed by atoms with Gasteiger partial charge in [0.15, 0.2) is 11.5 Å². The van der Waals surface area contributed by atoms with Gasteiger partial charge >= 0.3 is 5.97 Å². The van der Waals surface area contributed by atoms with Gasteiger partial charge in [0.25, 0.3) is 5.91 Å². The number of hydrazone groups is 1. The van der Waals surface area contributed by atoms with Crippen LogP contribution >= 0.6 is 11.6 Å². The zero-order valence-electron chi connectivity index (χ0n) is 20.7. The molecular formula is C29H25ClN2O6. The maximum Gasteiger partial charge on any atom is 0.335 e. The van der Waals surface area contributed by atoms with Crippen molar-refractivity contribution in [3.8, 4) is 17.2 Å². The van der Waals surface area contributed by atoms with E-state index in [1.807, 2.05) is 31.2 Å². The van der Waals surface area contributed by atoms with Gasteiger partial charge in [0, 0.05) is 0 Å². The number of benzene rings is 4. The van der Waals surface area contributed by atoms with Crippen molar-refractivity contribution in [2.24, 2.45) is 5.10 Å². The highest BCUT2D eigenvalue weighted by atomic mass is 35.5. The molecular weight excluding hydrogens is 508 g/mol. The molecule has 0 atom stereocenters. The molecule has 38 heavy (non-hydrogen) atoms. The summed E-state index contributed by atoms with van der Waals surface area (Å²) >= 11 is 6.49. The number of ether oxygens (including phenoxy) is 3. The van der Waals surface area contributed by atoms with Crippen molar-refractivity contribution in [3.05, 3.63) is 100 Å². The SMILES string of the molecule is CCOc1cc(/C=N\NC(=O)c2cc3ccccc3cc2OC)cc(Cl)c1OCc1ccc(C(=O)O)cc1. The normalized spacial score (nSPS) is 10.9. The van der Waals surface area contributed by atoms with Crippen molar-refractivity contribution in [1.82, 2.24) is 5.43 Å². The highest BCUT2D eigenvalue weighted by molar-refractivity contribution is 6.32. The lowest BCUT2D eigenvalue weighted by Gasteiger charge is -2.14. The van der Waals surface area contributed by atoms with Crippen LogP contribution in [0.2, 0.25) is 5.02 Å². The molecule has 0 spiro atoms. The van der Waals surface area contributed by atoms with E-state index in [1.165, 1.54) is 25.5 Å². The minimum absolute atomic E-state index is 0.163. The molecule has 0 saturated heterocycles. The molecule has 0 unspecified atom stereocenters. The first kappa shape index (κ1) is 26.5. The fraction of sp³-hybridized carbons (Fsp3) is 0.138. The molecule has 0 fully saturated rings. The van der Waals surface area contributed by atoms with E-state index in [2.05, 4.69) is 10.5 Å². The Kier molecular flexibility index (Phi) is 8.45. The molecule has 0 heterocycles. The molecule has 0 radical (unpaired) electrons. The van der Waals surface area contributed by atoms with E-state index < -0.39 is 11.9 Å².